The van der Waals surface area contributed by atoms with Gasteiger partial charge in [-0.1, -0.05) is 51.1 Å². The Bertz CT molecular complexity index is 1540. The van der Waals surface area contributed by atoms with Crippen LogP contribution >= 0.6 is 0 Å². The summed E-state index contributed by atoms with van der Waals surface area (Å²) in [6, 6.07) is 15.0. The van der Waals surface area contributed by atoms with Crippen LogP contribution in [0.1, 0.15) is 85.2 Å². The Kier molecular flexibility index (Phi) is 10.6. The lowest BCUT2D eigenvalue weighted by molar-refractivity contribution is -0.153. The van der Waals surface area contributed by atoms with E-state index < -0.39 is 45.9 Å². The van der Waals surface area contributed by atoms with Crippen molar-refractivity contribution in [3.8, 4) is 0 Å². The van der Waals surface area contributed by atoms with Crippen LogP contribution in [0.4, 0.5) is 10.6 Å². The number of anilines is 1. The lowest BCUT2D eigenvalue weighted by Crippen LogP contribution is -2.42. The van der Waals surface area contributed by atoms with Gasteiger partial charge in [-0.25, -0.2) is 22.9 Å². The van der Waals surface area contributed by atoms with Crippen molar-refractivity contribution in [2.24, 2.45) is 0 Å². The molecule has 238 valence electrons. The smallest absolute Gasteiger partial charge is 0.416 e. The van der Waals surface area contributed by atoms with Gasteiger partial charge in [0.2, 0.25) is 10.0 Å². The third kappa shape index (κ3) is 10.4. The van der Waals surface area contributed by atoms with Gasteiger partial charge >= 0.3 is 12.1 Å². The fourth-order valence-corrected chi connectivity index (χ4v) is 5.36. The van der Waals surface area contributed by atoms with Gasteiger partial charge in [0, 0.05) is 12.4 Å². The van der Waals surface area contributed by atoms with E-state index >= 15 is 0 Å². The predicted octanol–water partition coefficient (Wildman–Crippen LogP) is 6.12. The maximum absolute atomic E-state index is 13.4. The molecule has 0 radical (unpaired) electrons. The number of pyridine rings is 2. The second-order valence-electron chi connectivity index (χ2n) is 13.6. The predicted molar refractivity (Wildman–Crippen MR) is 170 cm³/mol. The van der Waals surface area contributed by atoms with Crippen LogP contribution < -0.4 is 9.62 Å². The maximum atomic E-state index is 13.4. The number of amides is 1. The molecule has 0 aliphatic rings. The van der Waals surface area contributed by atoms with Crippen LogP contribution in [0.5, 0.6) is 0 Å². The molecule has 3 aromatic rings. The number of hydrogen-bond acceptors (Lipinski definition) is 8. The number of nitrogens with zero attached hydrogens (tertiary/aromatic N) is 3. The molecule has 1 atom stereocenters. The minimum absolute atomic E-state index is 0.00421. The summed E-state index contributed by atoms with van der Waals surface area (Å²) < 4.78 is 40.7. The molecular formula is C33H44N4O6S. The molecule has 1 N–H and O–H groups in total. The van der Waals surface area contributed by atoms with Gasteiger partial charge in [0.15, 0.2) is 0 Å². The van der Waals surface area contributed by atoms with Gasteiger partial charge < -0.3 is 9.47 Å². The Morgan fingerprint density at radius 3 is 2.05 bits per heavy atom. The molecule has 0 saturated heterocycles. The van der Waals surface area contributed by atoms with Crippen LogP contribution in [0.3, 0.4) is 0 Å². The Hall–Kier alpha value is -3.83. The van der Waals surface area contributed by atoms with E-state index in [1.54, 1.807) is 65.8 Å². The summed E-state index contributed by atoms with van der Waals surface area (Å²) in [5, 5.41) is 0. The average Bonchev–Trinajstić information content (AvgIpc) is 2.89. The molecule has 2 heterocycles. The topological polar surface area (TPSA) is 128 Å². The number of nitrogens with one attached hydrogen (secondary N) is 1. The van der Waals surface area contributed by atoms with Gasteiger partial charge in [0.05, 0.1) is 11.7 Å². The van der Waals surface area contributed by atoms with Crippen LogP contribution in [-0.4, -0.2) is 48.2 Å². The van der Waals surface area contributed by atoms with Gasteiger partial charge in [-0.15, -0.1) is 0 Å². The molecule has 0 saturated carbocycles. The van der Waals surface area contributed by atoms with E-state index in [2.05, 4.69) is 35.5 Å². The van der Waals surface area contributed by atoms with Gasteiger partial charge in [0.25, 0.3) is 0 Å². The van der Waals surface area contributed by atoms with E-state index in [0.29, 0.717) is 5.69 Å². The molecule has 0 bridgehead atoms. The maximum Gasteiger partial charge on any atom is 0.416 e. The molecule has 3 rings (SSSR count). The highest BCUT2D eigenvalue weighted by Crippen LogP contribution is 2.27. The van der Waals surface area contributed by atoms with Crippen LogP contribution in [0.2, 0.25) is 0 Å². The van der Waals surface area contributed by atoms with E-state index in [1.165, 1.54) is 18.5 Å². The summed E-state index contributed by atoms with van der Waals surface area (Å²) in [5.74, 6) is -0.542. The second-order valence-corrected chi connectivity index (χ2v) is 15.3. The highest BCUT2D eigenvalue weighted by molar-refractivity contribution is 7.89. The largest absolute Gasteiger partial charge is 0.459 e. The summed E-state index contributed by atoms with van der Waals surface area (Å²) in [5.41, 5.74) is 0.694. The number of aromatic nitrogens is 2. The van der Waals surface area contributed by atoms with Crippen LogP contribution in [0, 0.1) is 0 Å². The molecular weight excluding hydrogens is 580 g/mol. The Labute approximate surface area is 261 Å². The summed E-state index contributed by atoms with van der Waals surface area (Å²) in [6.07, 6.45) is 2.23. The minimum atomic E-state index is -4.00. The van der Waals surface area contributed by atoms with Gasteiger partial charge in [0.1, 0.15) is 28.5 Å². The zero-order chi connectivity index (χ0) is 32.9. The lowest BCUT2D eigenvalue weighted by atomic mass is 9.86. The first-order valence-electron chi connectivity index (χ1n) is 14.4. The monoisotopic (exact) mass is 624 g/mol. The number of benzene rings is 1. The van der Waals surface area contributed by atoms with Crippen molar-refractivity contribution in [3.05, 3.63) is 83.8 Å². The fourth-order valence-electron chi connectivity index (χ4n) is 4.19. The SMILES string of the molecule is CC(C)(C)OC(=O)CN(C(=O)OC(C)(C)C)c1cccc(C(Cc2ccc(C(C)(C)C)cc2)NS(=O)(=O)c2cccnc2)n1. The number of ether oxygens (including phenoxy) is 2. The number of sulfonamides is 1. The van der Waals surface area contributed by atoms with Crippen molar-refractivity contribution in [2.75, 3.05) is 11.4 Å². The quantitative estimate of drug-likeness (QED) is 0.282. The third-order valence-electron chi connectivity index (χ3n) is 6.21. The van der Waals surface area contributed by atoms with E-state index in [0.717, 1.165) is 16.0 Å². The lowest BCUT2D eigenvalue weighted by Gasteiger charge is -2.28. The van der Waals surface area contributed by atoms with Crippen molar-refractivity contribution < 1.29 is 27.5 Å². The first kappa shape index (κ1) is 34.7. The number of rotatable bonds is 9. The van der Waals surface area contributed by atoms with E-state index in [1.807, 2.05) is 24.3 Å². The van der Waals surface area contributed by atoms with Crippen molar-refractivity contribution in [1.29, 1.82) is 0 Å². The Morgan fingerprint density at radius 1 is 0.864 bits per heavy atom. The zero-order valence-corrected chi connectivity index (χ0v) is 27.9. The van der Waals surface area contributed by atoms with Gasteiger partial charge in [-0.3, -0.25) is 14.7 Å². The molecule has 0 fully saturated rings. The Balaban J connectivity index is 2.05. The Morgan fingerprint density at radius 2 is 1.50 bits per heavy atom. The van der Waals surface area contributed by atoms with Crippen LogP contribution in [0.25, 0.3) is 0 Å². The molecule has 44 heavy (non-hydrogen) atoms. The highest BCUT2D eigenvalue weighted by Gasteiger charge is 2.30. The van der Waals surface area contributed by atoms with Crippen molar-refractivity contribution >= 4 is 27.9 Å². The number of carbonyl (C=O) groups excluding carboxylic acids is 2. The molecule has 0 aliphatic carbocycles. The van der Waals surface area contributed by atoms with Crippen LogP contribution in [-0.2, 0) is 36.1 Å². The van der Waals surface area contributed by atoms with Crippen molar-refractivity contribution in [3.63, 3.8) is 0 Å². The molecule has 0 spiro atoms. The summed E-state index contributed by atoms with van der Waals surface area (Å²) >= 11 is 0. The summed E-state index contributed by atoms with van der Waals surface area (Å²) in [6.45, 7) is 16.3. The number of carbonyl (C=O) groups is 2. The summed E-state index contributed by atoms with van der Waals surface area (Å²) in [4.78, 5) is 35.8. The molecule has 1 aromatic carbocycles. The third-order valence-corrected chi connectivity index (χ3v) is 7.67. The second kappa shape index (κ2) is 13.4. The van der Waals surface area contributed by atoms with Crippen molar-refractivity contribution in [1.82, 2.24) is 14.7 Å². The first-order valence-corrected chi connectivity index (χ1v) is 15.9. The molecule has 2 aromatic heterocycles. The summed E-state index contributed by atoms with van der Waals surface area (Å²) in [7, 11) is -4.00. The van der Waals surface area contributed by atoms with E-state index in [4.69, 9.17) is 9.47 Å². The average molecular weight is 625 g/mol. The van der Waals surface area contributed by atoms with E-state index in [9.17, 15) is 18.0 Å². The molecule has 1 amide bonds. The molecule has 1 unspecified atom stereocenters. The van der Waals surface area contributed by atoms with E-state index in [-0.39, 0.29) is 22.5 Å². The minimum Gasteiger partial charge on any atom is -0.459 e. The first-order chi connectivity index (χ1) is 20.2. The highest BCUT2D eigenvalue weighted by atomic mass is 32.2. The van der Waals surface area contributed by atoms with Crippen LogP contribution in [0.15, 0.2) is 71.9 Å². The molecule has 10 nitrogen and oxygen atoms in total. The number of hydrogen-bond donors (Lipinski definition) is 1. The molecule has 11 heteroatoms. The fraction of sp³-hybridized carbons (Fsp3) is 0.455. The van der Waals surface area contributed by atoms with Crippen molar-refractivity contribution in [2.45, 2.75) is 96.3 Å². The number of esters is 1. The standard InChI is InChI=1S/C33H44N4O6S/c1-31(2,3)24-17-15-23(16-18-24)20-27(36-44(40,41)25-12-11-19-34-21-25)26-13-10-14-28(35-26)37(30(39)43-33(7,8)9)22-29(38)42-32(4,5)6/h10-19,21,27,36H,20,22H2,1-9H3. The normalized spacial score (nSPS) is 13.2. The molecule has 0 aliphatic heterocycles. The van der Waals surface area contributed by atoms with Gasteiger partial charge in [-0.2, -0.15) is 0 Å². The zero-order valence-electron chi connectivity index (χ0n) is 27.0. The van der Waals surface area contributed by atoms with Gasteiger partial charge in [-0.05, 0) is 88.8 Å².